The minimum atomic E-state index is 0.265. The van der Waals surface area contributed by atoms with Crippen LogP contribution in [0.5, 0.6) is 5.75 Å². The monoisotopic (exact) mass is 327 g/mol. The molecule has 0 saturated carbocycles. The molecule has 2 aromatic rings. The highest BCUT2D eigenvalue weighted by atomic mass is 79.9. The van der Waals surface area contributed by atoms with Crippen molar-refractivity contribution in [2.75, 3.05) is 7.11 Å². The van der Waals surface area contributed by atoms with Gasteiger partial charge in [-0.15, -0.1) is 0 Å². The van der Waals surface area contributed by atoms with Gasteiger partial charge in [-0.25, -0.2) is 0 Å². The Morgan fingerprint density at radius 3 is 2.78 bits per heavy atom. The topological polar surface area (TPSA) is 42.8 Å². The SMILES string of the molecule is COc1ccc(Br)cc1-n1c(C(C)C)n[nH]c1=S. The van der Waals surface area contributed by atoms with Crippen molar-refractivity contribution in [1.82, 2.24) is 14.8 Å². The molecule has 6 heteroatoms. The van der Waals surface area contributed by atoms with E-state index in [0.29, 0.717) is 4.77 Å². The maximum Gasteiger partial charge on any atom is 0.200 e. The molecule has 0 aliphatic heterocycles. The van der Waals surface area contributed by atoms with Gasteiger partial charge >= 0.3 is 0 Å². The fraction of sp³-hybridized carbons (Fsp3) is 0.333. The molecular formula is C12H14BrN3OS. The van der Waals surface area contributed by atoms with Crippen molar-refractivity contribution in [2.24, 2.45) is 0 Å². The van der Waals surface area contributed by atoms with Crippen LogP contribution in [0, 0.1) is 4.77 Å². The molecule has 0 unspecified atom stereocenters. The van der Waals surface area contributed by atoms with Gasteiger partial charge < -0.3 is 4.74 Å². The number of aromatic amines is 1. The fourth-order valence-corrected chi connectivity index (χ4v) is 2.35. The van der Waals surface area contributed by atoms with Crippen LogP contribution < -0.4 is 4.74 Å². The molecule has 0 amide bonds. The van der Waals surface area contributed by atoms with Crippen molar-refractivity contribution in [3.63, 3.8) is 0 Å². The van der Waals surface area contributed by atoms with Crippen LogP contribution in [-0.2, 0) is 0 Å². The molecule has 1 aromatic heterocycles. The standard InChI is InChI=1S/C12H14BrN3OS/c1-7(2)11-14-15-12(18)16(11)9-6-8(13)4-5-10(9)17-3/h4-7H,1-3H3,(H,15,18). The molecular weight excluding hydrogens is 314 g/mol. The number of benzene rings is 1. The summed E-state index contributed by atoms with van der Waals surface area (Å²) in [5, 5.41) is 7.10. The highest BCUT2D eigenvalue weighted by molar-refractivity contribution is 9.10. The number of hydrogen-bond acceptors (Lipinski definition) is 3. The third kappa shape index (κ3) is 2.35. The van der Waals surface area contributed by atoms with Crippen LogP contribution in [0.4, 0.5) is 0 Å². The normalized spacial score (nSPS) is 10.9. The first-order valence-corrected chi connectivity index (χ1v) is 6.76. The molecule has 2 rings (SSSR count). The Labute approximate surface area is 119 Å². The Balaban J connectivity index is 2.72. The number of nitrogens with zero attached hydrogens (tertiary/aromatic N) is 2. The van der Waals surface area contributed by atoms with Crippen molar-refractivity contribution in [1.29, 1.82) is 0 Å². The maximum absolute atomic E-state index is 5.38. The molecule has 0 saturated heterocycles. The van der Waals surface area contributed by atoms with E-state index in [0.717, 1.165) is 21.7 Å². The number of hydrogen-bond donors (Lipinski definition) is 1. The van der Waals surface area contributed by atoms with Gasteiger partial charge in [0.2, 0.25) is 0 Å². The minimum Gasteiger partial charge on any atom is -0.495 e. The van der Waals surface area contributed by atoms with Crippen LogP contribution in [0.3, 0.4) is 0 Å². The number of halogens is 1. The fourth-order valence-electron chi connectivity index (χ4n) is 1.77. The van der Waals surface area contributed by atoms with E-state index in [1.807, 2.05) is 22.8 Å². The summed E-state index contributed by atoms with van der Waals surface area (Å²) in [6, 6.07) is 5.80. The number of methoxy groups -OCH3 is 1. The van der Waals surface area contributed by atoms with Crippen molar-refractivity contribution in [3.8, 4) is 11.4 Å². The zero-order valence-electron chi connectivity index (χ0n) is 10.4. The molecule has 0 bridgehead atoms. The number of aromatic nitrogens is 3. The smallest absolute Gasteiger partial charge is 0.200 e. The summed E-state index contributed by atoms with van der Waals surface area (Å²) in [5.41, 5.74) is 0.884. The van der Waals surface area contributed by atoms with E-state index in [1.165, 1.54) is 0 Å². The van der Waals surface area contributed by atoms with Crippen LogP contribution in [0.2, 0.25) is 0 Å². The molecule has 0 atom stereocenters. The Morgan fingerprint density at radius 1 is 1.44 bits per heavy atom. The quantitative estimate of drug-likeness (QED) is 0.871. The first-order chi connectivity index (χ1) is 8.54. The first kappa shape index (κ1) is 13.3. The van der Waals surface area contributed by atoms with Crippen LogP contribution in [-0.4, -0.2) is 21.9 Å². The van der Waals surface area contributed by atoms with Gasteiger partial charge in [-0.05, 0) is 30.4 Å². The Hall–Kier alpha value is -1.14. The lowest BCUT2D eigenvalue weighted by molar-refractivity contribution is 0.412. The second kappa shape index (κ2) is 5.24. The van der Waals surface area contributed by atoms with Crippen molar-refractivity contribution < 1.29 is 4.74 Å². The van der Waals surface area contributed by atoms with E-state index in [1.54, 1.807) is 7.11 Å². The Bertz CT molecular complexity index is 618. The lowest BCUT2D eigenvalue weighted by Gasteiger charge is -2.13. The van der Waals surface area contributed by atoms with E-state index >= 15 is 0 Å². The number of H-pyrrole nitrogens is 1. The van der Waals surface area contributed by atoms with Crippen LogP contribution in [0.25, 0.3) is 5.69 Å². The van der Waals surface area contributed by atoms with Crippen molar-refractivity contribution >= 4 is 28.1 Å². The molecule has 1 heterocycles. The minimum absolute atomic E-state index is 0.265. The third-order valence-electron chi connectivity index (χ3n) is 2.60. The lowest BCUT2D eigenvalue weighted by Crippen LogP contribution is -2.05. The van der Waals surface area contributed by atoms with Gasteiger partial charge in [0.25, 0.3) is 0 Å². The summed E-state index contributed by atoms with van der Waals surface area (Å²) >= 11 is 8.76. The molecule has 0 aliphatic rings. The van der Waals surface area contributed by atoms with Gasteiger partial charge in [-0.1, -0.05) is 29.8 Å². The molecule has 0 radical (unpaired) electrons. The summed E-state index contributed by atoms with van der Waals surface area (Å²) in [7, 11) is 1.64. The van der Waals surface area contributed by atoms with Gasteiger partial charge in [0.05, 0.1) is 12.8 Å². The zero-order valence-corrected chi connectivity index (χ0v) is 12.8. The van der Waals surface area contributed by atoms with Gasteiger partial charge in [0, 0.05) is 10.4 Å². The molecule has 0 fully saturated rings. The van der Waals surface area contributed by atoms with E-state index in [-0.39, 0.29) is 5.92 Å². The summed E-state index contributed by atoms with van der Waals surface area (Å²) in [5.74, 6) is 1.91. The predicted molar refractivity (Wildman–Crippen MR) is 77.1 cm³/mol. The van der Waals surface area contributed by atoms with E-state index in [4.69, 9.17) is 17.0 Å². The third-order valence-corrected chi connectivity index (χ3v) is 3.36. The van der Waals surface area contributed by atoms with Gasteiger partial charge in [-0.2, -0.15) is 5.10 Å². The van der Waals surface area contributed by atoms with Gasteiger partial charge in [-0.3, -0.25) is 9.67 Å². The lowest BCUT2D eigenvalue weighted by atomic mass is 10.2. The van der Waals surface area contributed by atoms with E-state index < -0.39 is 0 Å². The molecule has 18 heavy (non-hydrogen) atoms. The predicted octanol–water partition coefficient (Wildman–Crippen LogP) is 3.82. The second-order valence-electron chi connectivity index (χ2n) is 4.19. The molecule has 4 nitrogen and oxygen atoms in total. The summed E-state index contributed by atoms with van der Waals surface area (Å²) in [6.45, 7) is 4.15. The van der Waals surface area contributed by atoms with Crippen LogP contribution in [0.15, 0.2) is 22.7 Å². The van der Waals surface area contributed by atoms with Crippen LogP contribution in [0.1, 0.15) is 25.6 Å². The highest BCUT2D eigenvalue weighted by Crippen LogP contribution is 2.29. The largest absolute Gasteiger partial charge is 0.495 e. The molecule has 0 spiro atoms. The average molecular weight is 328 g/mol. The zero-order chi connectivity index (χ0) is 13.3. The first-order valence-electron chi connectivity index (χ1n) is 5.55. The van der Waals surface area contributed by atoms with Crippen molar-refractivity contribution in [3.05, 3.63) is 33.3 Å². The molecule has 96 valence electrons. The highest BCUT2D eigenvalue weighted by Gasteiger charge is 2.15. The Kier molecular flexibility index (Phi) is 3.87. The van der Waals surface area contributed by atoms with E-state index in [2.05, 4.69) is 40.0 Å². The number of nitrogens with one attached hydrogen (secondary N) is 1. The summed E-state index contributed by atoms with van der Waals surface area (Å²) in [6.07, 6.45) is 0. The number of rotatable bonds is 3. The summed E-state index contributed by atoms with van der Waals surface area (Å²) in [4.78, 5) is 0. The Morgan fingerprint density at radius 2 is 2.17 bits per heavy atom. The number of ether oxygens (including phenoxy) is 1. The summed E-state index contributed by atoms with van der Waals surface area (Å²) < 4.78 is 8.82. The molecule has 1 N–H and O–H groups in total. The molecule has 0 aliphatic carbocycles. The average Bonchev–Trinajstić information content (AvgIpc) is 2.71. The molecule has 1 aromatic carbocycles. The maximum atomic E-state index is 5.38. The van der Waals surface area contributed by atoms with Crippen molar-refractivity contribution in [2.45, 2.75) is 19.8 Å². The second-order valence-corrected chi connectivity index (χ2v) is 5.50. The van der Waals surface area contributed by atoms with Crippen LogP contribution >= 0.6 is 28.1 Å². The van der Waals surface area contributed by atoms with E-state index in [9.17, 15) is 0 Å². The van der Waals surface area contributed by atoms with Gasteiger partial charge in [0.15, 0.2) is 4.77 Å². The van der Waals surface area contributed by atoms with Gasteiger partial charge in [0.1, 0.15) is 11.6 Å².